The maximum absolute atomic E-state index is 12.1. The molecule has 3 aliphatic rings. The number of ether oxygens (including phenoxy) is 1. The SMILES string of the molecule is C=C1C=CN(C2CC(OP(C)(O)=S)C(C3CC3P(=O)(O)O)O2)C(=O)N1. The highest BCUT2D eigenvalue weighted by atomic mass is 32.5. The van der Waals surface area contributed by atoms with Gasteiger partial charge in [-0.25, -0.2) is 4.79 Å². The van der Waals surface area contributed by atoms with Crippen LogP contribution in [-0.4, -0.2) is 56.4 Å². The Labute approximate surface area is 150 Å². The average molecular weight is 410 g/mol. The molecule has 12 heteroatoms. The van der Waals surface area contributed by atoms with Gasteiger partial charge >= 0.3 is 13.6 Å². The van der Waals surface area contributed by atoms with Crippen molar-refractivity contribution in [3.63, 3.8) is 0 Å². The molecule has 140 valence electrons. The second-order valence-electron chi connectivity index (χ2n) is 6.47. The van der Waals surface area contributed by atoms with Crippen molar-refractivity contribution in [1.29, 1.82) is 0 Å². The summed E-state index contributed by atoms with van der Waals surface area (Å²) < 4.78 is 22.9. The second-order valence-corrected chi connectivity index (χ2v) is 12.2. The minimum Gasteiger partial charge on any atom is -0.351 e. The number of carbonyl (C=O) groups excluding carboxylic acids is 1. The maximum Gasteiger partial charge on any atom is 0.328 e. The van der Waals surface area contributed by atoms with Crippen LogP contribution in [0, 0.1) is 5.92 Å². The summed E-state index contributed by atoms with van der Waals surface area (Å²) in [6.07, 6.45) is 1.71. The van der Waals surface area contributed by atoms with E-state index >= 15 is 0 Å². The number of urea groups is 1. The molecule has 3 rings (SSSR count). The summed E-state index contributed by atoms with van der Waals surface area (Å²) in [5.41, 5.74) is -0.340. The molecule has 2 aliphatic heterocycles. The van der Waals surface area contributed by atoms with Crippen molar-refractivity contribution >= 4 is 31.9 Å². The van der Waals surface area contributed by atoms with Crippen molar-refractivity contribution in [2.24, 2.45) is 5.92 Å². The number of amides is 2. The van der Waals surface area contributed by atoms with Gasteiger partial charge in [0.2, 0.25) is 0 Å². The van der Waals surface area contributed by atoms with Gasteiger partial charge in [-0.1, -0.05) is 6.58 Å². The predicted octanol–water partition coefficient (Wildman–Crippen LogP) is 1.04. The highest BCUT2D eigenvalue weighted by molar-refractivity contribution is 8.09. The first kappa shape index (κ1) is 19.2. The number of carbonyl (C=O) groups is 1. The second kappa shape index (κ2) is 6.55. The Morgan fingerprint density at radius 3 is 2.64 bits per heavy atom. The number of hydrogen-bond donors (Lipinski definition) is 4. The molecule has 2 amide bonds. The first-order chi connectivity index (χ1) is 11.5. The van der Waals surface area contributed by atoms with Crippen LogP contribution in [-0.2, 0) is 25.6 Å². The molecule has 0 aromatic rings. The molecule has 2 fully saturated rings. The maximum atomic E-state index is 12.1. The summed E-state index contributed by atoms with van der Waals surface area (Å²) in [6, 6.07) is -0.417. The van der Waals surface area contributed by atoms with Gasteiger partial charge in [0.25, 0.3) is 0 Å². The third kappa shape index (κ3) is 4.40. The molecule has 9 nitrogen and oxygen atoms in total. The minimum absolute atomic E-state index is 0.242. The normalized spacial score (nSPS) is 37.8. The van der Waals surface area contributed by atoms with E-state index in [0.29, 0.717) is 12.1 Å². The Balaban J connectivity index is 1.78. The van der Waals surface area contributed by atoms with Crippen LogP contribution in [0.2, 0.25) is 0 Å². The van der Waals surface area contributed by atoms with E-state index in [1.165, 1.54) is 17.8 Å². The fraction of sp³-hybridized carbons (Fsp3) is 0.615. The van der Waals surface area contributed by atoms with Crippen LogP contribution >= 0.6 is 14.1 Å². The van der Waals surface area contributed by atoms with Crippen LogP contribution in [0.5, 0.6) is 0 Å². The Hall–Kier alpha value is -0.570. The van der Waals surface area contributed by atoms with E-state index < -0.39 is 50.1 Å². The van der Waals surface area contributed by atoms with E-state index in [4.69, 9.17) is 21.1 Å². The molecular weight excluding hydrogens is 390 g/mol. The van der Waals surface area contributed by atoms with E-state index in [1.54, 1.807) is 6.08 Å². The van der Waals surface area contributed by atoms with Gasteiger partial charge in [-0.3, -0.25) is 9.46 Å². The third-order valence-corrected chi connectivity index (χ3v) is 6.73. The molecule has 6 atom stereocenters. The lowest BCUT2D eigenvalue weighted by Gasteiger charge is -2.28. The highest BCUT2D eigenvalue weighted by Crippen LogP contribution is 2.61. The van der Waals surface area contributed by atoms with Gasteiger partial charge in [0.1, 0.15) is 6.23 Å². The first-order valence-corrected chi connectivity index (χ1v) is 12.4. The fourth-order valence-electron chi connectivity index (χ4n) is 3.22. The van der Waals surface area contributed by atoms with E-state index in [1.807, 2.05) is 0 Å². The molecular formula is C13H20N2O7P2S. The van der Waals surface area contributed by atoms with Crippen LogP contribution in [0.15, 0.2) is 24.6 Å². The minimum atomic E-state index is -4.22. The standard InChI is InChI=1S/C13H20N2O7P2S/c1-7-3-4-15(13(16)14-7)11-6-9(22-23(2,17)25)12(21-11)8-5-10(8)24(18,19)20/h3-4,8-12H,1,5-6H2,2H3,(H,14,16)(H,17,25)(H2,18,19,20). The summed E-state index contributed by atoms with van der Waals surface area (Å²) in [5, 5.41) is 2.56. The van der Waals surface area contributed by atoms with Gasteiger partial charge in [0.15, 0.2) is 6.49 Å². The molecule has 0 aromatic carbocycles. The summed E-state index contributed by atoms with van der Waals surface area (Å²) in [5.74, 6) is -0.399. The van der Waals surface area contributed by atoms with Gasteiger partial charge in [0.05, 0.1) is 17.9 Å². The number of allylic oxidation sites excluding steroid dienone is 1. The van der Waals surface area contributed by atoms with Crippen LogP contribution in [0.25, 0.3) is 0 Å². The van der Waals surface area contributed by atoms with Crippen molar-refractivity contribution in [1.82, 2.24) is 10.2 Å². The molecule has 1 aliphatic carbocycles. The van der Waals surface area contributed by atoms with Gasteiger partial charge < -0.3 is 29.3 Å². The van der Waals surface area contributed by atoms with E-state index in [0.717, 1.165) is 0 Å². The fourth-order valence-corrected chi connectivity index (χ4v) is 5.44. The Morgan fingerprint density at radius 1 is 1.44 bits per heavy atom. The van der Waals surface area contributed by atoms with Crippen molar-refractivity contribution in [2.45, 2.75) is 36.9 Å². The summed E-state index contributed by atoms with van der Waals surface area (Å²) in [4.78, 5) is 42.0. The van der Waals surface area contributed by atoms with Crippen molar-refractivity contribution in [2.75, 3.05) is 6.66 Å². The lowest BCUT2D eigenvalue weighted by Crippen LogP contribution is -2.44. The quantitative estimate of drug-likeness (QED) is 0.495. The molecule has 0 bridgehead atoms. The predicted molar refractivity (Wildman–Crippen MR) is 93.2 cm³/mol. The van der Waals surface area contributed by atoms with Crippen LogP contribution in [0.3, 0.4) is 0 Å². The largest absolute Gasteiger partial charge is 0.351 e. The summed E-state index contributed by atoms with van der Waals surface area (Å²) in [7, 11) is -4.22. The van der Waals surface area contributed by atoms with Gasteiger partial charge in [-0.15, -0.1) is 0 Å². The Morgan fingerprint density at radius 2 is 2.12 bits per heavy atom. The molecule has 6 unspecified atom stereocenters. The van der Waals surface area contributed by atoms with Gasteiger partial charge in [-0.05, 0) is 24.3 Å². The van der Waals surface area contributed by atoms with Crippen LogP contribution in [0.4, 0.5) is 4.79 Å². The molecule has 1 saturated heterocycles. The van der Waals surface area contributed by atoms with Gasteiger partial charge in [0, 0.05) is 30.9 Å². The molecule has 4 N–H and O–H groups in total. The Bertz CT molecular complexity index is 717. The van der Waals surface area contributed by atoms with E-state index in [2.05, 4.69) is 11.9 Å². The molecule has 0 radical (unpaired) electrons. The average Bonchev–Trinajstić information content (AvgIpc) is 3.14. The van der Waals surface area contributed by atoms with Crippen molar-refractivity contribution < 1.29 is 33.3 Å². The van der Waals surface area contributed by atoms with Crippen molar-refractivity contribution in [3.8, 4) is 0 Å². The third-order valence-electron chi connectivity index (χ3n) is 4.35. The highest BCUT2D eigenvalue weighted by Gasteiger charge is 2.59. The zero-order chi connectivity index (χ0) is 18.6. The number of nitrogens with zero attached hydrogens (tertiary/aromatic N) is 1. The summed E-state index contributed by atoms with van der Waals surface area (Å²) in [6.45, 7) is 2.03. The monoisotopic (exact) mass is 410 g/mol. The number of rotatable bonds is 5. The molecule has 1 saturated carbocycles. The molecule has 25 heavy (non-hydrogen) atoms. The van der Waals surface area contributed by atoms with Crippen molar-refractivity contribution in [3.05, 3.63) is 24.6 Å². The van der Waals surface area contributed by atoms with E-state index in [9.17, 15) is 24.0 Å². The number of hydrogen-bond acceptors (Lipinski definition) is 5. The number of nitrogens with one attached hydrogen (secondary N) is 1. The lowest BCUT2D eigenvalue weighted by atomic mass is 10.1. The smallest absolute Gasteiger partial charge is 0.328 e. The molecule has 2 heterocycles. The zero-order valence-electron chi connectivity index (χ0n) is 13.4. The van der Waals surface area contributed by atoms with Crippen LogP contribution < -0.4 is 5.32 Å². The van der Waals surface area contributed by atoms with Gasteiger partial charge in [-0.2, -0.15) is 0 Å². The van der Waals surface area contributed by atoms with Crippen LogP contribution in [0.1, 0.15) is 12.8 Å². The molecule has 0 aromatic heterocycles. The topological polar surface area (TPSA) is 129 Å². The van der Waals surface area contributed by atoms with E-state index in [-0.39, 0.29) is 6.42 Å². The first-order valence-electron chi connectivity index (χ1n) is 7.61. The zero-order valence-corrected chi connectivity index (χ0v) is 16.0. The Kier molecular flexibility index (Phi) is 5.03. The molecule has 0 spiro atoms. The lowest BCUT2D eigenvalue weighted by molar-refractivity contribution is -0.0380. The summed E-state index contributed by atoms with van der Waals surface area (Å²) >= 11 is 4.93.